The maximum absolute atomic E-state index is 10.9. The molecule has 2 heterocycles. The second-order valence-electron chi connectivity index (χ2n) is 10.2. The Kier molecular flexibility index (Phi) is 5.14. The lowest BCUT2D eigenvalue weighted by molar-refractivity contribution is -0.219. The molecule has 4 bridgehead atoms. The van der Waals surface area contributed by atoms with Crippen LogP contribution in [-0.2, 0) is 16.6 Å². The minimum absolute atomic E-state index is 0.0901. The van der Waals surface area contributed by atoms with E-state index in [1.807, 2.05) is 6.08 Å². The smallest absolute Gasteiger partial charge is 0.165 e. The number of rotatable bonds is 8. The number of fused-ring (bicyclic) bond motifs is 1. The number of ether oxygens (including phenoxy) is 2. The van der Waals surface area contributed by atoms with Crippen LogP contribution in [0.4, 0.5) is 0 Å². The third kappa shape index (κ3) is 2.51. The fraction of sp³-hybridized carbons (Fsp3) is 0.615. The molecular formula is C26H32Cl2N2O3. The number of hydrogen-bond donors (Lipinski definition) is 1. The lowest BCUT2D eigenvalue weighted by Crippen LogP contribution is -2.82. The van der Waals surface area contributed by atoms with E-state index < -0.39 is 5.60 Å². The summed E-state index contributed by atoms with van der Waals surface area (Å²) in [6.45, 7) is 7.39. The van der Waals surface area contributed by atoms with Crippen molar-refractivity contribution in [2.45, 2.75) is 48.5 Å². The molecule has 5 nitrogen and oxygen atoms in total. The molecule has 2 aliphatic heterocycles. The molecule has 178 valence electrons. The molecule has 1 aromatic carbocycles. The Morgan fingerprint density at radius 2 is 2.09 bits per heavy atom. The van der Waals surface area contributed by atoms with Crippen LogP contribution in [0.2, 0.25) is 0 Å². The van der Waals surface area contributed by atoms with Gasteiger partial charge in [-0.1, -0.05) is 24.3 Å². The summed E-state index contributed by atoms with van der Waals surface area (Å²) in [6, 6.07) is 4.33. The van der Waals surface area contributed by atoms with Crippen molar-refractivity contribution >= 4 is 23.2 Å². The molecule has 1 saturated heterocycles. The maximum atomic E-state index is 10.9. The van der Waals surface area contributed by atoms with Crippen molar-refractivity contribution in [2.75, 3.05) is 45.0 Å². The van der Waals surface area contributed by atoms with Gasteiger partial charge in [0.2, 0.25) is 0 Å². The van der Waals surface area contributed by atoms with Crippen LogP contribution in [0.3, 0.4) is 0 Å². The van der Waals surface area contributed by atoms with Crippen LogP contribution >= 0.6 is 23.2 Å². The number of halogens is 2. The van der Waals surface area contributed by atoms with E-state index in [1.54, 1.807) is 13.2 Å². The SMILES string of the molecule is C=CCN1CC[C@]23c4c5ccc(O)c4O[C@@H]2C2(OC)C=CC3(C[C@H]2N(CCCl)CCCl)[C@@H]1C5. The number of hydrogen-bond acceptors (Lipinski definition) is 5. The van der Waals surface area contributed by atoms with Gasteiger partial charge in [0.1, 0.15) is 11.7 Å². The molecule has 0 aromatic heterocycles. The Morgan fingerprint density at radius 3 is 2.79 bits per heavy atom. The molecule has 6 aliphatic rings. The summed E-state index contributed by atoms with van der Waals surface area (Å²) in [4.78, 5) is 5.00. The van der Waals surface area contributed by atoms with Crippen molar-refractivity contribution < 1.29 is 14.6 Å². The average molecular weight is 491 g/mol. The molecular weight excluding hydrogens is 459 g/mol. The van der Waals surface area contributed by atoms with E-state index in [1.165, 1.54) is 11.1 Å². The zero-order valence-electron chi connectivity index (χ0n) is 19.1. The first-order valence-electron chi connectivity index (χ1n) is 12.0. The molecule has 4 aliphatic carbocycles. The number of likely N-dealkylation sites (tertiary alicyclic amines) is 1. The minimum Gasteiger partial charge on any atom is -0.504 e. The standard InChI is InChI=1S/C26H32Cl2N2O3/c1-3-11-29-12-8-25-21-17-4-5-18(31)22(21)33-23(25)26(32-2)7-6-24(25,19(29)15-17)16-20(26)30(13-9-27)14-10-28/h3-7,19-20,23,31H,1,8-16H2,2H3/t19-,20+,23-,24?,25-,26?/m0/s1. The monoisotopic (exact) mass is 490 g/mol. The Hall–Kier alpha value is -1.24. The van der Waals surface area contributed by atoms with E-state index in [0.29, 0.717) is 23.6 Å². The van der Waals surface area contributed by atoms with Crippen LogP contribution < -0.4 is 4.74 Å². The number of phenols is 1. The highest BCUT2D eigenvalue weighted by molar-refractivity contribution is 6.18. The number of phenolic OH excluding ortho intramolecular Hbond substituents is 1. The van der Waals surface area contributed by atoms with Gasteiger partial charge in [0.05, 0.1) is 5.41 Å². The number of alkyl halides is 2. The Balaban J connectivity index is 1.60. The molecule has 7 rings (SSSR count). The zero-order valence-corrected chi connectivity index (χ0v) is 20.6. The molecule has 2 spiro atoms. The van der Waals surface area contributed by atoms with E-state index in [9.17, 15) is 5.11 Å². The fourth-order valence-corrected chi connectivity index (χ4v) is 8.76. The van der Waals surface area contributed by atoms with Gasteiger partial charge in [0, 0.05) is 61.6 Å². The Morgan fingerprint density at radius 1 is 1.30 bits per heavy atom. The Labute approximate surface area is 205 Å². The van der Waals surface area contributed by atoms with Gasteiger partial charge in [-0.15, -0.1) is 29.8 Å². The number of nitrogens with zero attached hydrogens (tertiary/aromatic N) is 2. The highest BCUT2D eigenvalue weighted by Gasteiger charge is 2.79. The third-order valence-corrected chi connectivity index (χ3v) is 9.77. The molecule has 7 heteroatoms. The fourth-order valence-electron chi connectivity index (χ4n) is 8.33. The van der Waals surface area contributed by atoms with Gasteiger partial charge in [0.15, 0.2) is 11.5 Å². The van der Waals surface area contributed by atoms with Crippen molar-refractivity contribution in [1.82, 2.24) is 9.80 Å². The summed E-state index contributed by atoms with van der Waals surface area (Å²) in [5, 5.41) is 10.9. The van der Waals surface area contributed by atoms with Gasteiger partial charge in [-0.05, 0) is 37.4 Å². The second-order valence-corrected chi connectivity index (χ2v) is 11.0. The predicted molar refractivity (Wildman–Crippen MR) is 131 cm³/mol. The molecule has 2 unspecified atom stereocenters. The maximum Gasteiger partial charge on any atom is 0.165 e. The van der Waals surface area contributed by atoms with E-state index in [-0.39, 0.29) is 28.7 Å². The molecule has 6 atom stereocenters. The summed E-state index contributed by atoms with van der Waals surface area (Å²) in [6.07, 6.45) is 9.41. The molecule has 1 aromatic rings. The lowest BCUT2D eigenvalue weighted by atomic mass is 9.38. The lowest BCUT2D eigenvalue weighted by Gasteiger charge is -2.72. The number of aromatic hydroxyl groups is 1. The molecule has 33 heavy (non-hydrogen) atoms. The van der Waals surface area contributed by atoms with Gasteiger partial charge in [-0.2, -0.15) is 0 Å². The molecule has 0 radical (unpaired) electrons. The van der Waals surface area contributed by atoms with E-state index in [2.05, 4.69) is 34.6 Å². The minimum atomic E-state index is -0.634. The third-order valence-electron chi connectivity index (χ3n) is 9.43. The van der Waals surface area contributed by atoms with Gasteiger partial charge in [0.25, 0.3) is 0 Å². The topological polar surface area (TPSA) is 45.2 Å². The molecule has 1 N–H and O–H groups in total. The van der Waals surface area contributed by atoms with Gasteiger partial charge in [-0.25, -0.2) is 0 Å². The van der Waals surface area contributed by atoms with E-state index in [0.717, 1.165) is 45.4 Å². The molecule has 1 saturated carbocycles. The normalized spacial score (nSPS) is 39.6. The summed E-state index contributed by atoms with van der Waals surface area (Å²) in [5.41, 5.74) is 1.56. The molecule has 0 amide bonds. The number of methoxy groups -OCH3 is 1. The van der Waals surface area contributed by atoms with Crippen molar-refractivity contribution in [1.29, 1.82) is 0 Å². The Bertz CT molecular complexity index is 1010. The van der Waals surface area contributed by atoms with Gasteiger partial charge < -0.3 is 14.6 Å². The largest absolute Gasteiger partial charge is 0.504 e. The highest BCUT2D eigenvalue weighted by atomic mass is 35.5. The quantitative estimate of drug-likeness (QED) is 0.444. The number of piperidine rings is 1. The summed E-state index contributed by atoms with van der Waals surface area (Å²) in [5.74, 6) is 1.99. The van der Waals surface area contributed by atoms with E-state index >= 15 is 0 Å². The first-order valence-corrected chi connectivity index (χ1v) is 13.1. The highest BCUT2D eigenvalue weighted by Crippen LogP contribution is 2.74. The van der Waals surface area contributed by atoms with Crippen LogP contribution in [0.15, 0.2) is 36.9 Å². The van der Waals surface area contributed by atoms with Crippen LogP contribution in [0, 0.1) is 5.41 Å². The summed E-state index contributed by atoms with van der Waals surface area (Å²) < 4.78 is 13.3. The zero-order chi connectivity index (χ0) is 23.0. The predicted octanol–water partition coefficient (Wildman–Crippen LogP) is 3.70. The van der Waals surface area contributed by atoms with Crippen LogP contribution in [0.1, 0.15) is 24.0 Å². The van der Waals surface area contributed by atoms with Crippen molar-refractivity contribution in [3.63, 3.8) is 0 Å². The van der Waals surface area contributed by atoms with Gasteiger partial charge >= 0.3 is 0 Å². The average Bonchev–Trinajstić information content (AvgIpc) is 3.19. The van der Waals surface area contributed by atoms with Crippen LogP contribution in [0.25, 0.3) is 0 Å². The second kappa shape index (κ2) is 7.63. The van der Waals surface area contributed by atoms with Crippen molar-refractivity contribution in [3.05, 3.63) is 48.1 Å². The summed E-state index contributed by atoms with van der Waals surface area (Å²) >= 11 is 12.5. The van der Waals surface area contributed by atoms with Crippen molar-refractivity contribution in [3.8, 4) is 11.5 Å². The summed E-state index contributed by atoms with van der Waals surface area (Å²) in [7, 11) is 1.80. The van der Waals surface area contributed by atoms with Crippen molar-refractivity contribution in [2.24, 2.45) is 5.41 Å². The van der Waals surface area contributed by atoms with E-state index in [4.69, 9.17) is 32.7 Å². The van der Waals surface area contributed by atoms with Crippen LogP contribution in [-0.4, -0.2) is 83.7 Å². The van der Waals surface area contributed by atoms with Gasteiger partial charge in [-0.3, -0.25) is 9.80 Å². The number of benzene rings is 1. The van der Waals surface area contributed by atoms with Crippen LogP contribution in [0.5, 0.6) is 11.5 Å². The first-order chi connectivity index (χ1) is 16.0. The molecule has 2 fully saturated rings. The first kappa shape index (κ1) is 22.2.